The molecule has 5 heteroatoms. The Morgan fingerprint density at radius 3 is 2.73 bits per heavy atom. The Balaban J connectivity index is 2.76. The fraction of sp³-hybridized carbons (Fsp3) is 0.300. The zero-order valence-electron chi connectivity index (χ0n) is 8.53. The molecule has 0 aromatic heterocycles. The van der Waals surface area contributed by atoms with Crippen molar-refractivity contribution in [2.24, 2.45) is 5.73 Å². The van der Waals surface area contributed by atoms with E-state index in [1.54, 1.807) is 24.1 Å². The molecule has 0 fully saturated rings. The molecule has 0 radical (unpaired) electrons. The van der Waals surface area contributed by atoms with Crippen molar-refractivity contribution in [3.63, 3.8) is 0 Å². The number of benzene rings is 1. The van der Waals surface area contributed by atoms with Crippen molar-refractivity contribution in [2.45, 2.75) is 6.54 Å². The van der Waals surface area contributed by atoms with Crippen LogP contribution in [0.15, 0.2) is 18.2 Å². The van der Waals surface area contributed by atoms with Gasteiger partial charge in [-0.1, -0.05) is 6.07 Å². The number of hydrogen-bond donors (Lipinski definition) is 2. The molecular formula is C10H14FN3O. The molecule has 0 heterocycles. The lowest BCUT2D eigenvalue weighted by atomic mass is 10.1. The van der Waals surface area contributed by atoms with Gasteiger partial charge >= 0.3 is 0 Å². The minimum Gasteiger partial charge on any atom is -0.398 e. The van der Waals surface area contributed by atoms with Gasteiger partial charge in [-0.15, -0.1) is 0 Å². The maximum absolute atomic E-state index is 13.3. The van der Waals surface area contributed by atoms with Gasteiger partial charge in [-0.05, 0) is 19.2 Å². The fourth-order valence-electron chi connectivity index (χ4n) is 1.33. The van der Waals surface area contributed by atoms with Gasteiger partial charge in [-0.25, -0.2) is 4.39 Å². The predicted molar refractivity (Wildman–Crippen MR) is 56.3 cm³/mol. The second kappa shape index (κ2) is 4.75. The second-order valence-electron chi connectivity index (χ2n) is 3.45. The van der Waals surface area contributed by atoms with E-state index in [1.165, 1.54) is 6.07 Å². The summed E-state index contributed by atoms with van der Waals surface area (Å²) in [6, 6.07) is 4.50. The molecule has 1 aromatic rings. The van der Waals surface area contributed by atoms with E-state index >= 15 is 0 Å². The van der Waals surface area contributed by atoms with Crippen LogP contribution in [-0.2, 0) is 11.3 Å². The minimum absolute atomic E-state index is 0.0772. The number of carbonyl (C=O) groups excluding carboxylic acids is 1. The number of likely N-dealkylation sites (N-methyl/N-ethyl adjacent to an activating group) is 1. The Hall–Kier alpha value is -1.62. The molecule has 15 heavy (non-hydrogen) atoms. The summed E-state index contributed by atoms with van der Waals surface area (Å²) < 4.78 is 13.3. The Kier molecular flexibility index (Phi) is 3.62. The van der Waals surface area contributed by atoms with E-state index in [9.17, 15) is 9.18 Å². The molecule has 82 valence electrons. The van der Waals surface area contributed by atoms with Crippen molar-refractivity contribution < 1.29 is 9.18 Å². The Bertz CT molecular complexity index is 347. The number of halogens is 1. The highest BCUT2D eigenvalue weighted by atomic mass is 19.1. The lowest BCUT2D eigenvalue weighted by molar-refractivity contribution is -0.118. The summed E-state index contributed by atoms with van der Waals surface area (Å²) in [4.78, 5) is 12.2. The number of nitrogen functional groups attached to an aromatic ring is 1. The number of nitrogens with zero attached hydrogens (tertiary/aromatic N) is 1. The van der Waals surface area contributed by atoms with Gasteiger partial charge in [0.1, 0.15) is 5.82 Å². The van der Waals surface area contributed by atoms with Gasteiger partial charge < -0.3 is 11.5 Å². The highest BCUT2D eigenvalue weighted by Gasteiger charge is 2.10. The van der Waals surface area contributed by atoms with Crippen LogP contribution in [0.3, 0.4) is 0 Å². The highest BCUT2D eigenvalue weighted by Crippen LogP contribution is 2.16. The third-order valence-electron chi connectivity index (χ3n) is 2.01. The zero-order valence-corrected chi connectivity index (χ0v) is 8.53. The van der Waals surface area contributed by atoms with Crippen LogP contribution in [-0.4, -0.2) is 24.4 Å². The predicted octanol–water partition coefficient (Wildman–Crippen LogP) is 0.325. The topological polar surface area (TPSA) is 72.3 Å². The number of primary amides is 1. The van der Waals surface area contributed by atoms with Crippen LogP contribution in [0.25, 0.3) is 0 Å². The van der Waals surface area contributed by atoms with Crippen LogP contribution in [0.4, 0.5) is 10.1 Å². The van der Waals surface area contributed by atoms with Crippen LogP contribution in [0.2, 0.25) is 0 Å². The molecule has 1 amide bonds. The summed E-state index contributed by atoms with van der Waals surface area (Å²) >= 11 is 0. The smallest absolute Gasteiger partial charge is 0.231 e. The first kappa shape index (κ1) is 11.5. The van der Waals surface area contributed by atoms with Gasteiger partial charge in [0.15, 0.2) is 0 Å². The van der Waals surface area contributed by atoms with Gasteiger partial charge in [0.2, 0.25) is 5.91 Å². The maximum atomic E-state index is 13.3. The van der Waals surface area contributed by atoms with Gasteiger partial charge in [0.25, 0.3) is 0 Å². The largest absolute Gasteiger partial charge is 0.398 e. The molecule has 0 aliphatic rings. The van der Waals surface area contributed by atoms with Crippen molar-refractivity contribution in [1.82, 2.24) is 4.90 Å². The Morgan fingerprint density at radius 1 is 1.53 bits per heavy atom. The van der Waals surface area contributed by atoms with E-state index in [0.29, 0.717) is 11.3 Å². The van der Waals surface area contributed by atoms with Crippen molar-refractivity contribution >= 4 is 11.6 Å². The molecule has 0 aliphatic heterocycles. The van der Waals surface area contributed by atoms with Crippen LogP contribution in [0.5, 0.6) is 0 Å². The van der Waals surface area contributed by atoms with E-state index in [1.807, 2.05) is 0 Å². The summed E-state index contributed by atoms with van der Waals surface area (Å²) in [6.45, 7) is 0.342. The maximum Gasteiger partial charge on any atom is 0.231 e. The van der Waals surface area contributed by atoms with Crippen LogP contribution in [0, 0.1) is 5.82 Å². The van der Waals surface area contributed by atoms with Gasteiger partial charge in [-0.3, -0.25) is 9.69 Å². The molecular weight excluding hydrogens is 197 g/mol. The van der Waals surface area contributed by atoms with Crippen LogP contribution < -0.4 is 11.5 Å². The normalized spacial score (nSPS) is 10.6. The average molecular weight is 211 g/mol. The lowest BCUT2D eigenvalue weighted by Gasteiger charge is -2.16. The lowest BCUT2D eigenvalue weighted by Crippen LogP contribution is -2.30. The fourth-order valence-corrected chi connectivity index (χ4v) is 1.33. The monoisotopic (exact) mass is 211 g/mol. The number of amides is 1. The Labute approximate surface area is 87.7 Å². The summed E-state index contributed by atoms with van der Waals surface area (Å²) in [7, 11) is 1.68. The molecule has 0 spiro atoms. The highest BCUT2D eigenvalue weighted by molar-refractivity contribution is 5.75. The van der Waals surface area contributed by atoms with Crippen molar-refractivity contribution in [3.8, 4) is 0 Å². The number of anilines is 1. The number of hydrogen-bond acceptors (Lipinski definition) is 3. The molecule has 1 aromatic carbocycles. The number of rotatable bonds is 4. The SMILES string of the molecule is CN(CC(N)=O)Cc1c(N)cccc1F. The van der Waals surface area contributed by atoms with Crippen molar-refractivity contribution in [3.05, 3.63) is 29.6 Å². The van der Waals surface area contributed by atoms with Crippen LogP contribution in [0.1, 0.15) is 5.56 Å². The van der Waals surface area contributed by atoms with E-state index in [0.717, 1.165) is 0 Å². The standard InChI is InChI=1S/C10H14FN3O/c1-14(6-10(13)15)5-7-8(11)3-2-4-9(7)12/h2-4H,5-6,12H2,1H3,(H2,13,15). The van der Waals surface area contributed by atoms with Crippen molar-refractivity contribution in [2.75, 3.05) is 19.3 Å². The first-order valence-corrected chi connectivity index (χ1v) is 4.50. The molecule has 4 N–H and O–H groups in total. The quantitative estimate of drug-likeness (QED) is 0.705. The third-order valence-corrected chi connectivity index (χ3v) is 2.01. The molecule has 0 unspecified atom stereocenters. The van der Waals surface area contributed by atoms with Gasteiger partial charge in [0, 0.05) is 17.8 Å². The summed E-state index contributed by atoms with van der Waals surface area (Å²) in [5, 5.41) is 0. The zero-order chi connectivity index (χ0) is 11.4. The number of carbonyl (C=O) groups is 1. The first-order chi connectivity index (χ1) is 7.00. The van der Waals surface area contributed by atoms with E-state index < -0.39 is 5.91 Å². The minimum atomic E-state index is -0.451. The number of nitrogens with two attached hydrogens (primary N) is 2. The molecule has 0 atom stereocenters. The first-order valence-electron chi connectivity index (χ1n) is 4.50. The average Bonchev–Trinajstić information content (AvgIpc) is 2.10. The summed E-state index contributed by atoms with van der Waals surface area (Å²) in [6.07, 6.45) is 0. The molecule has 0 aliphatic carbocycles. The van der Waals surface area contributed by atoms with E-state index in [2.05, 4.69) is 0 Å². The van der Waals surface area contributed by atoms with Gasteiger partial charge in [0.05, 0.1) is 6.54 Å². The third kappa shape index (κ3) is 3.21. The molecule has 1 rings (SSSR count). The second-order valence-corrected chi connectivity index (χ2v) is 3.45. The summed E-state index contributed by atoms with van der Waals surface area (Å²) in [5.41, 5.74) is 11.4. The Morgan fingerprint density at radius 2 is 2.20 bits per heavy atom. The molecule has 0 saturated heterocycles. The summed E-state index contributed by atoms with van der Waals surface area (Å²) in [5.74, 6) is -0.821. The van der Waals surface area contributed by atoms with Crippen molar-refractivity contribution in [1.29, 1.82) is 0 Å². The molecule has 0 saturated carbocycles. The van der Waals surface area contributed by atoms with Crippen LogP contribution >= 0.6 is 0 Å². The molecule has 4 nitrogen and oxygen atoms in total. The van der Waals surface area contributed by atoms with E-state index in [-0.39, 0.29) is 18.9 Å². The van der Waals surface area contributed by atoms with Gasteiger partial charge in [-0.2, -0.15) is 0 Å². The molecule has 0 bridgehead atoms. The van der Waals surface area contributed by atoms with E-state index in [4.69, 9.17) is 11.5 Å².